The van der Waals surface area contributed by atoms with Crippen molar-refractivity contribution in [2.75, 3.05) is 7.05 Å². The SMILES string of the molecule is CNC(CCc1cnn(C)c1)c1cc(I)ccc1Br. The van der Waals surface area contributed by atoms with Gasteiger partial charge in [-0.1, -0.05) is 15.9 Å². The molecule has 1 heterocycles. The second-order valence-electron chi connectivity index (χ2n) is 4.57. The highest BCUT2D eigenvalue weighted by Crippen LogP contribution is 2.28. The van der Waals surface area contributed by atoms with Crippen molar-refractivity contribution in [3.63, 3.8) is 0 Å². The van der Waals surface area contributed by atoms with E-state index in [4.69, 9.17) is 0 Å². The van der Waals surface area contributed by atoms with Crippen molar-refractivity contribution in [3.8, 4) is 0 Å². The molecule has 2 aromatic rings. The Labute approximate surface area is 136 Å². The first kappa shape index (κ1) is 15.0. The lowest BCUT2D eigenvalue weighted by Gasteiger charge is -2.18. The zero-order chi connectivity index (χ0) is 13.8. The fraction of sp³-hybridized carbons (Fsp3) is 0.357. The molecule has 0 aliphatic rings. The highest BCUT2D eigenvalue weighted by atomic mass is 127. The Morgan fingerprint density at radius 3 is 2.89 bits per heavy atom. The summed E-state index contributed by atoms with van der Waals surface area (Å²) >= 11 is 6.00. The lowest BCUT2D eigenvalue weighted by Crippen LogP contribution is -2.17. The highest BCUT2D eigenvalue weighted by molar-refractivity contribution is 14.1. The van der Waals surface area contributed by atoms with Crippen LogP contribution in [0.5, 0.6) is 0 Å². The molecule has 1 aromatic carbocycles. The van der Waals surface area contributed by atoms with Gasteiger partial charge in [-0.2, -0.15) is 5.10 Å². The van der Waals surface area contributed by atoms with E-state index in [1.54, 1.807) is 0 Å². The molecule has 2 rings (SSSR count). The second-order valence-corrected chi connectivity index (χ2v) is 6.67. The standard InChI is InChI=1S/C14H17BrIN3/c1-17-14(6-3-10-8-18-19(2)9-10)12-7-11(16)4-5-13(12)15/h4-5,7-9,14,17H,3,6H2,1-2H3. The summed E-state index contributed by atoms with van der Waals surface area (Å²) in [5.74, 6) is 0. The molecule has 1 N–H and O–H groups in total. The van der Waals surface area contributed by atoms with E-state index in [1.807, 2.05) is 25.0 Å². The molecule has 0 aliphatic carbocycles. The van der Waals surface area contributed by atoms with Crippen LogP contribution in [0.3, 0.4) is 0 Å². The van der Waals surface area contributed by atoms with Gasteiger partial charge in [0.1, 0.15) is 0 Å². The average molecular weight is 434 g/mol. The number of hydrogen-bond donors (Lipinski definition) is 1. The van der Waals surface area contributed by atoms with Gasteiger partial charge in [0.2, 0.25) is 0 Å². The van der Waals surface area contributed by atoms with Crippen LogP contribution in [0.1, 0.15) is 23.6 Å². The molecule has 19 heavy (non-hydrogen) atoms. The van der Waals surface area contributed by atoms with Crippen LogP contribution in [-0.4, -0.2) is 16.8 Å². The molecule has 0 spiro atoms. The third-order valence-corrected chi connectivity index (χ3v) is 4.56. The van der Waals surface area contributed by atoms with Crippen LogP contribution in [0.4, 0.5) is 0 Å². The number of aryl methyl sites for hydroxylation is 2. The minimum Gasteiger partial charge on any atom is -0.313 e. The summed E-state index contributed by atoms with van der Waals surface area (Å²) in [5.41, 5.74) is 2.60. The molecule has 1 atom stereocenters. The van der Waals surface area contributed by atoms with Gasteiger partial charge < -0.3 is 5.32 Å². The molecule has 0 amide bonds. The molecule has 0 aliphatic heterocycles. The van der Waals surface area contributed by atoms with E-state index < -0.39 is 0 Å². The van der Waals surface area contributed by atoms with E-state index in [-0.39, 0.29) is 0 Å². The number of aromatic nitrogens is 2. The Morgan fingerprint density at radius 2 is 2.26 bits per heavy atom. The summed E-state index contributed by atoms with van der Waals surface area (Å²) in [4.78, 5) is 0. The molecule has 0 radical (unpaired) electrons. The third-order valence-electron chi connectivity index (χ3n) is 3.16. The molecule has 1 unspecified atom stereocenters. The van der Waals surface area contributed by atoms with Crippen molar-refractivity contribution in [1.29, 1.82) is 0 Å². The van der Waals surface area contributed by atoms with Crippen molar-refractivity contribution in [1.82, 2.24) is 15.1 Å². The predicted octanol–water partition coefficient (Wildman–Crippen LogP) is 3.68. The number of benzene rings is 1. The van der Waals surface area contributed by atoms with Gasteiger partial charge in [-0.25, -0.2) is 0 Å². The third kappa shape index (κ3) is 4.03. The molecular formula is C14H17BrIN3. The van der Waals surface area contributed by atoms with Crippen LogP contribution in [0.25, 0.3) is 0 Å². The molecule has 1 aromatic heterocycles. The van der Waals surface area contributed by atoms with Crippen molar-refractivity contribution < 1.29 is 0 Å². The summed E-state index contributed by atoms with van der Waals surface area (Å²) in [6.45, 7) is 0. The van der Waals surface area contributed by atoms with Crippen molar-refractivity contribution in [2.24, 2.45) is 7.05 Å². The Hall–Kier alpha value is -0.400. The first-order chi connectivity index (χ1) is 9.10. The lowest BCUT2D eigenvalue weighted by molar-refractivity contribution is 0.547. The molecular weight excluding hydrogens is 417 g/mol. The minimum absolute atomic E-state index is 0.351. The van der Waals surface area contributed by atoms with Crippen molar-refractivity contribution in [3.05, 3.63) is 49.8 Å². The Kier molecular flexibility index (Phi) is 5.41. The van der Waals surface area contributed by atoms with Gasteiger partial charge in [0.25, 0.3) is 0 Å². The first-order valence-corrected chi connectivity index (χ1v) is 8.07. The van der Waals surface area contributed by atoms with Gasteiger partial charge in [0, 0.05) is 27.3 Å². The summed E-state index contributed by atoms with van der Waals surface area (Å²) in [6, 6.07) is 6.81. The van der Waals surface area contributed by atoms with Crippen LogP contribution in [-0.2, 0) is 13.5 Å². The Morgan fingerprint density at radius 1 is 1.47 bits per heavy atom. The van der Waals surface area contributed by atoms with E-state index in [0.717, 1.165) is 12.8 Å². The van der Waals surface area contributed by atoms with Gasteiger partial charge in [-0.3, -0.25) is 4.68 Å². The maximum atomic E-state index is 4.21. The van der Waals surface area contributed by atoms with Gasteiger partial charge >= 0.3 is 0 Å². The summed E-state index contributed by atoms with van der Waals surface area (Å²) in [6.07, 6.45) is 6.10. The van der Waals surface area contributed by atoms with E-state index in [9.17, 15) is 0 Å². The lowest BCUT2D eigenvalue weighted by atomic mass is 10.0. The largest absolute Gasteiger partial charge is 0.313 e. The number of nitrogens with zero attached hydrogens (tertiary/aromatic N) is 2. The molecule has 3 nitrogen and oxygen atoms in total. The average Bonchev–Trinajstić information content (AvgIpc) is 2.80. The van der Waals surface area contributed by atoms with Crippen LogP contribution in [0.15, 0.2) is 35.1 Å². The van der Waals surface area contributed by atoms with Crippen molar-refractivity contribution >= 4 is 38.5 Å². The van der Waals surface area contributed by atoms with Crippen molar-refractivity contribution in [2.45, 2.75) is 18.9 Å². The Bertz CT molecular complexity index is 553. The second kappa shape index (κ2) is 6.85. The Balaban J connectivity index is 2.09. The van der Waals surface area contributed by atoms with Crippen LogP contribution in [0, 0.1) is 3.57 Å². The predicted molar refractivity (Wildman–Crippen MR) is 90.2 cm³/mol. The maximum Gasteiger partial charge on any atom is 0.0521 e. The molecule has 0 bridgehead atoms. The van der Waals surface area contributed by atoms with E-state index in [2.05, 4.69) is 73.3 Å². The fourth-order valence-electron chi connectivity index (χ4n) is 2.15. The molecule has 0 saturated carbocycles. The topological polar surface area (TPSA) is 29.9 Å². The normalized spacial score (nSPS) is 12.6. The van der Waals surface area contributed by atoms with Gasteiger partial charge in [0.15, 0.2) is 0 Å². The number of nitrogens with one attached hydrogen (secondary N) is 1. The number of rotatable bonds is 5. The first-order valence-electron chi connectivity index (χ1n) is 6.20. The monoisotopic (exact) mass is 433 g/mol. The quantitative estimate of drug-likeness (QED) is 0.729. The minimum atomic E-state index is 0.351. The van der Waals surface area contributed by atoms with Crippen LogP contribution in [0.2, 0.25) is 0 Å². The fourth-order valence-corrected chi connectivity index (χ4v) is 3.19. The summed E-state index contributed by atoms with van der Waals surface area (Å²) in [5, 5.41) is 7.61. The zero-order valence-corrected chi connectivity index (χ0v) is 14.8. The molecule has 0 fully saturated rings. The smallest absolute Gasteiger partial charge is 0.0521 e. The van der Waals surface area contributed by atoms with Gasteiger partial charge in [-0.15, -0.1) is 0 Å². The van der Waals surface area contributed by atoms with E-state index in [0.29, 0.717) is 6.04 Å². The molecule has 5 heteroatoms. The maximum absolute atomic E-state index is 4.21. The summed E-state index contributed by atoms with van der Waals surface area (Å²) < 4.78 is 4.28. The van der Waals surface area contributed by atoms with E-state index in [1.165, 1.54) is 19.2 Å². The van der Waals surface area contributed by atoms with E-state index >= 15 is 0 Å². The van der Waals surface area contributed by atoms with Gasteiger partial charge in [0.05, 0.1) is 6.20 Å². The van der Waals surface area contributed by atoms with Crippen LogP contribution >= 0.6 is 38.5 Å². The molecule has 0 saturated heterocycles. The number of hydrogen-bond acceptors (Lipinski definition) is 2. The number of halogens is 2. The summed E-state index contributed by atoms with van der Waals surface area (Å²) in [7, 11) is 3.97. The molecule has 102 valence electrons. The van der Waals surface area contributed by atoms with Gasteiger partial charge in [-0.05, 0) is 71.8 Å². The van der Waals surface area contributed by atoms with Crippen LogP contribution < -0.4 is 5.32 Å². The highest BCUT2D eigenvalue weighted by Gasteiger charge is 2.13. The zero-order valence-electron chi connectivity index (χ0n) is 11.0.